The average molecular weight is 647 g/mol. The van der Waals surface area contributed by atoms with E-state index in [2.05, 4.69) is 0 Å². The number of rotatable bonds is 6. The fourth-order valence-electron chi connectivity index (χ4n) is 5.73. The maximum atomic E-state index is 6.40. The SMILES string of the molecule is c1ccc(-c2nc(-c3ccccc3)nc(-c3ccc4c(c3)Oc3ccc(-c5nc(-c6ccccc6)nc(-c6ccccc6)n5)cc3O4)n2)cc1. The van der Waals surface area contributed by atoms with Gasteiger partial charge in [-0.1, -0.05) is 121 Å². The molecule has 0 radical (unpaired) electrons. The van der Waals surface area contributed by atoms with E-state index < -0.39 is 0 Å². The Balaban J connectivity index is 1.07. The lowest BCUT2D eigenvalue weighted by molar-refractivity contribution is 0.360. The van der Waals surface area contributed by atoms with E-state index in [1.807, 2.05) is 158 Å². The Morgan fingerprint density at radius 2 is 0.500 bits per heavy atom. The molecule has 1 aliphatic heterocycles. The van der Waals surface area contributed by atoms with Crippen molar-refractivity contribution in [2.45, 2.75) is 0 Å². The van der Waals surface area contributed by atoms with Crippen LogP contribution in [0, 0.1) is 0 Å². The summed E-state index contributed by atoms with van der Waals surface area (Å²) in [5, 5.41) is 0. The van der Waals surface area contributed by atoms with Crippen molar-refractivity contribution in [3.8, 4) is 91.3 Å². The molecule has 0 N–H and O–H groups in total. The van der Waals surface area contributed by atoms with E-state index in [1.165, 1.54) is 0 Å². The Kier molecular flexibility index (Phi) is 7.29. The van der Waals surface area contributed by atoms with Gasteiger partial charge in [0, 0.05) is 33.4 Å². The smallest absolute Gasteiger partial charge is 0.170 e. The summed E-state index contributed by atoms with van der Waals surface area (Å²) in [6, 6.07) is 51.0. The fraction of sp³-hybridized carbons (Fsp3) is 0. The average Bonchev–Trinajstić information content (AvgIpc) is 3.20. The molecule has 0 saturated heterocycles. The van der Waals surface area contributed by atoms with E-state index in [9.17, 15) is 0 Å². The van der Waals surface area contributed by atoms with Crippen molar-refractivity contribution in [1.82, 2.24) is 29.9 Å². The lowest BCUT2D eigenvalue weighted by atomic mass is 10.1. The van der Waals surface area contributed by atoms with Gasteiger partial charge in [0.2, 0.25) is 0 Å². The maximum absolute atomic E-state index is 6.40. The van der Waals surface area contributed by atoms with Crippen molar-refractivity contribution in [2.75, 3.05) is 0 Å². The van der Waals surface area contributed by atoms with Crippen LogP contribution < -0.4 is 9.47 Å². The molecule has 6 aromatic carbocycles. The van der Waals surface area contributed by atoms with Crippen molar-refractivity contribution in [2.24, 2.45) is 0 Å². The molecular formula is C42H26N6O2. The van der Waals surface area contributed by atoms with E-state index in [0.717, 1.165) is 33.4 Å². The Bertz CT molecular complexity index is 2190. The molecule has 8 heteroatoms. The molecule has 0 bridgehead atoms. The third-order valence-electron chi connectivity index (χ3n) is 8.24. The first-order chi connectivity index (χ1) is 24.7. The molecule has 0 fully saturated rings. The van der Waals surface area contributed by atoms with Crippen molar-refractivity contribution >= 4 is 0 Å². The highest BCUT2D eigenvalue weighted by molar-refractivity contribution is 5.72. The van der Waals surface area contributed by atoms with Crippen LogP contribution in [0.25, 0.3) is 68.3 Å². The molecule has 0 spiro atoms. The highest BCUT2D eigenvalue weighted by Gasteiger charge is 2.23. The zero-order valence-electron chi connectivity index (χ0n) is 26.5. The molecule has 9 rings (SSSR count). The van der Waals surface area contributed by atoms with Crippen molar-refractivity contribution in [3.05, 3.63) is 158 Å². The van der Waals surface area contributed by atoms with Crippen LogP contribution >= 0.6 is 0 Å². The quantitative estimate of drug-likeness (QED) is 0.176. The lowest BCUT2D eigenvalue weighted by Crippen LogP contribution is -2.03. The van der Waals surface area contributed by atoms with Crippen molar-refractivity contribution < 1.29 is 9.47 Å². The molecule has 8 aromatic rings. The number of nitrogens with zero attached hydrogens (tertiary/aromatic N) is 6. The van der Waals surface area contributed by atoms with Crippen LogP contribution in [0.5, 0.6) is 23.0 Å². The molecule has 8 nitrogen and oxygen atoms in total. The number of aromatic nitrogens is 6. The fourth-order valence-corrected chi connectivity index (χ4v) is 5.73. The monoisotopic (exact) mass is 646 g/mol. The summed E-state index contributed by atoms with van der Waals surface area (Å²) in [6.07, 6.45) is 0. The molecule has 3 heterocycles. The predicted octanol–water partition coefficient (Wildman–Crippen LogP) is 9.96. The summed E-state index contributed by atoms with van der Waals surface area (Å²) in [5.74, 6) is 5.68. The third kappa shape index (κ3) is 5.71. The van der Waals surface area contributed by atoms with E-state index >= 15 is 0 Å². The summed E-state index contributed by atoms with van der Waals surface area (Å²) in [6.45, 7) is 0. The maximum Gasteiger partial charge on any atom is 0.170 e. The molecule has 0 amide bonds. The molecule has 0 unspecified atom stereocenters. The van der Waals surface area contributed by atoms with Gasteiger partial charge in [-0.2, -0.15) is 0 Å². The normalized spacial score (nSPS) is 11.5. The minimum atomic E-state index is 0.531. The minimum absolute atomic E-state index is 0.531. The van der Waals surface area contributed by atoms with Gasteiger partial charge < -0.3 is 9.47 Å². The number of hydrogen-bond donors (Lipinski definition) is 0. The first-order valence-corrected chi connectivity index (χ1v) is 16.1. The van der Waals surface area contributed by atoms with Crippen LogP contribution in [-0.2, 0) is 0 Å². The highest BCUT2D eigenvalue weighted by Crippen LogP contribution is 2.47. The summed E-state index contributed by atoms with van der Waals surface area (Å²) in [5.41, 5.74) is 5.16. The van der Waals surface area contributed by atoms with Gasteiger partial charge >= 0.3 is 0 Å². The highest BCUT2D eigenvalue weighted by atomic mass is 16.6. The minimum Gasteiger partial charge on any atom is -0.449 e. The number of fused-ring (bicyclic) bond motifs is 2. The second kappa shape index (κ2) is 12.5. The van der Waals surface area contributed by atoms with Crippen LogP contribution in [0.3, 0.4) is 0 Å². The molecular weight excluding hydrogens is 621 g/mol. The van der Waals surface area contributed by atoms with E-state index in [1.54, 1.807) is 0 Å². The van der Waals surface area contributed by atoms with Gasteiger partial charge in [-0.05, 0) is 36.4 Å². The predicted molar refractivity (Wildman–Crippen MR) is 192 cm³/mol. The largest absolute Gasteiger partial charge is 0.449 e. The van der Waals surface area contributed by atoms with E-state index in [0.29, 0.717) is 57.9 Å². The second-order valence-corrected chi connectivity index (χ2v) is 11.6. The van der Waals surface area contributed by atoms with Crippen LogP contribution in [0.1, 0.15) is 0 Å². The molecule has 236 valence electrons. The topological polar surface area (TPSA) is 95.8 Å². The summed E-state index contributed by atoms with van der Waals surface area (Å²) < 4.78 is 12.8. The zero-order chi connectivity index (χ0) is 33.3. The summed E-state index contributed by atoms with van der Waals surface area (Å²) >= 11 is 0. The number of benzene rings is 6. The van der Waals surface area contributed by atoms with Crippen molar-refractivity contribution in [3.63, 3.8) is 0 Å². The summed E-state index contributed by atoms with van der Waals surface area (Å²) in [7, 11) is 0. The van der Waals surface area contributed by atoms with Crippen LogP contribution in [-0.4, -0.2) is 29.9 Å². The molecule has 1 aliphatic rings. The Morgan fingerprint density at radius 1 is 0.240 bits per heavy atom. The second-order valence-electron chi connectivity index (χ2n) is 11.6. The molecule has 2 aromatic heterocycles. The van der Waals surface area contributed by atoms with Gasteiger partial charge in [0.25, 0.3) is 0 Å². The van der Waals surface area contributed by atoms with Gasteiger partial charge in [-0.3, -0.25) is 0 Å². The van der Waals surface area contributed by atoms with Gasteiger partial charge in [0.1, 0.15) is 0 Å². The Morgan fingerprint density at radius 3 is 0.780 bits per heavy atom. The number of hydrogen-bond acceptors (Lipinski definition) is 8. The van der Waals surface area contributed by atoms with E-state index in [4.69, 9.17) is 39.4 Å². The number of ether oxygens (including phenoxy) is 2. The van der Waals surface area contributed by atoms with Gasteiger partial charge in [0.05, 0.1) is 0 Å². The van der Waals surface area contributed by atoms with Crippen LogP contribution in [0.2, 0.25) is 0 Å². The first kappa shape index (κ1) is 29.1. The van der Waals surface area contributed by atoms with Gasteiger partial charge in [-0.25, -0.2) is 29.9 Å². The standard InChI is InChI=1S/C42H26N6O2/c1-5-13-27(14-6-1)37-43-38(28-15-7-2-8-16-28)46-41(45-37)31-21-23-33-35(25-31)49-34-24-22-32(26-36(34)50-33)42-47-39(29-17-9-3-10-18-29)44-40(48-42)30-19-11-4-12-20-30/h1-26H. The zero-order valence-corrected chi connectivity index (χ0v) is 26.5. The van der Waals surface area contributed by atoms with Crippen LogP contribution in [0.4, 0.5) is 0 Å². The summed E-state index contributed by atoms with van der Waals surface area (Å²) in [4.78, 5) is 29.0. The van der Waals surface area contributed by atoms with Crippen molar-refractivity contribution in [1.29, 1.82) is 0 Å². The first-order valence-electron chi connectivity index (χ1n) is 16.1. The third-order valence-corrected chi connectivity index (χ3v) is 8.24. The Hall–Kier alpha value is -7.06. The van der Waals surface area contributed by atoms with Gasteiger partial charge in [-0.15, -0.1) is 0 Å². The molecule has 0 aliphatic carbocycles. The van der Waals surface area contributed by atoms with Gasteiger partial charge in [0.15, 0.2) is 57.9 Å². The van der Waals surface area contributed by atoms with Crippen LogP contribution in [0.15, 0.2) is 158 Å². The molecule has 0 atom stereocenters. The Labute approximate surface area is 287 Å². The molecule has 0 saturated carbocycles. The lowest BCUT2D eigenvalue weighted by Gasteiger charge is -2.21. The molecule has 50 heavy (non-hydrogen) atoms. The van der Waals surface area contributed by atoms with E-state index in [-0.39, 0.29) is 0 Å².